The Morgan fingerprint density at radius 3 is 0.922 bits per heavy atom. The number of nitrogens with two attached hydrogens (primary N) is 1. The molecule has 0 fully saturated rings. The number of Topliss-reactive ketones (excluding diaryl/α,β-unsaturated/α-hetero) is 4. The number of amides is 2. The first kappa shape index (κ1) is 89.6. The molecule has 33 nitrogen and oxygen atoms in total. The molecule has 690 valence electrons. The van der Waals surface area contributed by atoms with Crippen LogP contribution in [-0.4, -0.2) is 155 Å². The molecule has 24 aromatic rings. The predicted molar refractivity (Wildman–Crippen MR) is 554 cm³/mol. The van der Waals surface area contributed by atoms with Crippen LogP contribution in [0.25, 0.3) is 220 Å². The molecule has 0 aliphatic rings. The summed E-state index contributed by atoms with van der Waals surface area (Å²) < 4.78 is 0. The van der Waals surface area contributed by atoms with Gasteiger partial charge in [0.1, 0.15) is 44.8 Å². The molecule has 20 aromatic heterocycles. The number of ketones is 4. The van der Waals surface area contributed by atoms with Crippen molar-refractivity contribution in [3.8, 4) is 132 Å². The van der Waals surface area contributed by atoms with Crippen LogP contribution in [0.4, 0.5) is 17.1 Å². The van der Waals surface area contributed by atoms with Gasteiger partial charge in [-0.25, -0.2) is 19.9 Å². The number of pyridine rings is 8. The summed E-state index contributed by atoms with van der Waals surface area (Å²) in [6.45, 7) is 12.1. The molecule has 0 atom stereocenters. The van der Waals surface area contributed by atoms with Gasteiger partial charge in [-0.3, -0.25) is 89.0 Å². The Morgan fingerprint density at radius 1 is 0.319 bits per heavy atom. The number of aromatic nitrogens is 24. The van der Waals surface area contributed by atoms with Crippen LogP contribution in [0.2, 0.25) is 0 Å². The van der Waals surface area contributed by atoms with E-state index in [1.165, 1.54) is 45.3 Å². The highest BCUT2D eigenvalue weighted by atomic mass is 32.1. The average Bonchev–Trinajstić information content (AvgIpc) is 1.62. The van der Waals surface area contributed by atoms with Crippen molar-refractivity contribution in [3.05, 3.63) is 270 Å². The van der Waals surface area contributed by atoms with Crippen LogP contribution in [0.5, 0.6) is 0 Å². The molecule has 0 saturated heterocycles. The van der Waals surface area contributed by atoms with Gasteiger partial charge < -0.3 is 36.3 Å². The summed E-state index contributed by atoms with van der Waals surface area (Å²) in [5, 5.41) is 40.0. The summed E-state index contributed by atoms with van der Waals surface area (Å²) >= 11 is 5.74. The first-order chi connectivity index (χ1) is 68.6. The fourth-order valence-electron chi connectivity index (χ4n) is 16.4. The number of thiophene rings is 4. The topological polar surface area (TPSA) is 485 Å². The Morgan fingerprint density at radius 2 is 0.624 bits per heavy atom. The smallest absolute Gasteiger partial charge is 0.224 e. The Balaban J connectivity index is 0.000000112. The fourth-order valence-corrected chi connectivity index (χ4v) is 20.0. The number of imidazole rings is 4. The molecular weight excluding hydrogens is 1850 g/mol. The lowest BCUT2D eigenvalue weighted by Gasteiger charge is -2.09. The molecule has 37 heteroatoms. The van der Waals surface area contributed by atoms with E-state index in [9.17, 15) is 28.8 Å². The summed E-state index contributed by atoms with van der Waals surface area (Å²) in [5.74, 6) is 2.86. The highest BCUT2D eigenvalue weighted by Crippen LogP contribution is 2.43. The van der Waals surface area contributed by atoms with Gasteiger partial charge in [-0.15, -0.1) is 45.3 Å². The maximum Gasteiger partial charge on any atom is 0.224 e. The molecule has 0 saturated carbocycles. The zero-order chi connectivity index (χ0) is 96.8. The minimum atomic E-state index is -0.0645. The van der Waals surface area contributed by atoms with Crippen molar-refractivity contribution in [1.29, 1.82) is 0 Å². The Bertz CT molecular complexity index is 9030. The first-order valence-corrected chi connectivity index (χ1v) is 47.7. The van der Waals surface area contributed by atoms with Crippen LogP contribution in [0.3, 0.4) is 0 Å². The van der Waals surface area contributed by atoms with Crippen LogP contribution in [0, 0.1) is 5.92 Å². The SMILES string of the molecule is CC(=O)c1ccc(-c2cncc3[nH]c(-c4n[nH]c5ccc(-c6cccnc6)cc45)nc23)s1.CC(=O)c1ccc(-c2cncc3[nH]c(-c4n[nH]c5ccc(-c6cncc(N)c6)cc45)nc23)s1.CC(=O)c1ccc(-c2cncc3[nH]c(-c4n[nH]c5ccc(-c6cncc(NC(=O)CC(C)C)c6)cc45)nc23)s1.CCC(=O)Nc1cncc(-c2ccc3[nH]nc(-c4nc5c(-c6ccc(C(C)=O)s6)cncc5[nH]4)c3c2)c1. The van der Waals surface area contributed by atoms with E-state index in [4.69, 9.17) is 25.7 Å². The third-order valence-corrected chi connectivity index (χ3v) is 28.2. The van der Waals surface area contributed by atoms with Crippen LogP contribution < -0.4 is 16.4 Å². The number of nitrogens with one attached hydrogen (secondary N) is 10. The van der Waals surface area contributed by atoms with E-state index < -0.39 is 0 Å². The van der Waals surface area contributed by atoms with Crippen LogP contribution in [0.1, 0.15) is 100.0 Å². The number of carbonyl (C=O) groups excluding carboxylic acids is 6. The van der Waals surface area contributed by atoms with Gasteiger partial charge in [0.2, 0.25) is 11.8 Å². The molecule has 12 N–H and O–H groups in total. The third kappa shape index (κ3) is 18.3. The summed E-state index contributed by atoms with van der Waals surface area (Å²) in [6.07, 6.45) is 28.7. The lowest BCUT2D eigenvalue weighted by molar-refractivity contribution is -0.117. The Hall–Kier alpha value is -17.9. The number of anilines is 3. The lowest BCUT2D eigenvalue weighted by atomic mass is 10.0. The second-order valence-electron chi connectivity index (χ2n) is 33.6. The van der Waals surface area contributed by atoms with E-state index in [0.29, 0.717) is 89.8 Å². The number of H-pyrrole nitrogens is 8. The zero-order valence-corrected chi connectivity index (χ0v) is 79.2. The molecule has 0 aliphatic carbocycles. The fraction of sp³-hybridized carbons (Fsp3) is 0.0962. The minimum Gasteiger partial charge on any atom is -0.397 e. The minimum absolute atomic E-state index is 0.0321. The van der Waals surface area contributed by atoms with E-state index in [2.05, 4.69) is 123 Å². The van der Waals surface area contributed by atoms with Crippen molar-refractivity contribution < 1.29 is 28.8 Å². The van der Waals surface area contributed by atoms with E-state index in [1.54, 1.807) is 121 Å². The number of benzene rings is 4. The second-order valence-corrected chi connectivity index (χ2v) is 37.9. The summed E-state index contributed by atoms with van der Waals surface area (Å²) in [4.78, 5) is 145. The van der Waals surface area contributed by atoms with Crippen LogP contribution >= 0.6 is 45.3 Å². The number of hydrogen-bond acceptors (Lipinski definition) is 27. The standard InChI is InChI=1S/C29H25N7O2S.C27H21N7O2S.C24H17N7OS.C24H16N6OS/c1-15(2)8-26(38)32-19-9-18(11-30-12-19)17-4-5-22-20(10-17)28(36-35-22)29-33-23-14-31-13-21(27(23)34-29)25-7-6-24(39-25)16(3)37;1-3-24(36)30-17-8-16(10-28-11-17)15-4-5-20-18(9-15)26(34-33-20)27-31-21-13-29-12-19(25(21)32-27)23-7-6-22(37-23)14(2)35;1-12(32)20-4-5-21(33-20)17-10-27-11-19-22(17)29-24(28-19)23-16-7-13(2-3-18(16)30-31-23)14-6-15(25)9-26-8-14;1-13(31)20-6-7-21(32-20)17-11-26-12-19-22(17)28-24(27-19)23-16-9-14(4-5-18(16)29-30-23)15-3-2-8-25-10-15/h4-7,9-15H,8H2,1-3H3,(H,32,38)(H,33,34)(H,35,36);4-13H,3H2,1-2H3,(H,30,36)(H,31,32)(H,33,34);2-11H,25H2,1H3,(H,28,29)(H,30,31);2-12H,1H3,(H,27,28)(H,29,30). The van der Waals surface area contributed by atoms with E-state index >= 15 is 0 Å². The molecule has 0 aliphatic heterocycles. The molecule has 20 heterocycles. The Labute approximate surface area is 815 Å². The van der Waals surface area contributed by atoms with E-state index in [-0.39, 0.29) is 40.9 Å². The first-order valence-electron chi connectivity index (χ1n) is 44.4. The average molecular weight is 1930 g/mol. The van der Waals surface area contributed by atoms with E-state index in [0.717, 1.165) is 180 Å². The molecule has 2 amide bonds. The molecule has 4 aromatic carbocycles. The van der Waals surface area contributed by atoms with Gasteiger partial charge in [0.15, 0.2) is 46.4 Å². The van der Waals surface area contributed by atoms with Gasteiger partial charge in [0.05, 0.1) is 118 Å². The van der Waals surface area contributed by atoms with Crippen molar-refractivity contribution in [3.63, 3.8) is 0 Å². The van der Waals surface area contributed by atoms with Crippen molar-refractivity contribution in [2.75, 3.05) is 16.4 Å². The lowest BCUT2D eigenvalue weighted by Crippen LogP contribution is -2.13. The van der Waals surface area contributed by atoms with E-state index in [1.807, 2.05) is 166 Å². The highest BCUT2D eigenvalue weighted by molar-refractivity contribution is 7.18. The van der Waals surface area contributed by atoms with Crippen molar-refractivity contribution in [2.45, 2.75) is 61.3 Å². The van der Waals surface area contributed by atoms with Gasteiger partial charge in [0.25, 0.3) is 0 Å². The number of hydrogen-bond donors (Lipinski definition) is 11. The molecule has 0 spiro atoms. The van der Waals surface area contributed by atoms with Gasteiger partial charge in [-0.1, -0.05) is 51.1 Å². The van der Waals surface area contributed by atoms with Crippen molar-refractivity contribution >= 4 is 185 Å². The predicted octanol–water partition coefficient (Wildman–Crippen LogP) is 22.9. The monoisotopic (exact) mass is 1930 g/mol. The number of aromatic amines is 8. The number of nitrogen functional groups attached to an aromatic ring is 1. The highest BCUT2D eigenvalue weighted by Gasteiger charge is 2.26. The molecule has 24 rings (SSSR count). The zero-order valence-electron chi connectivity index (χ0n) is 76.0. The quantitative estimate of drug-likeness (QED) is 0.0298. The second kappa shape index (κ2) is 38.0. The maximum atomic E-state index is 12.3. The molecule has 0 bridgehead atoms. The third-order valence-electron chi connectivity index (χ3n) is 23.3. The molecule has 141 heavy (non-hydrogen) atoms. The summed E-state index contributed by atoms with van der Waals surface area (Å²) in [7, 11) is 0. The van der Waals surface area contributed by atoms with Gasteiger partial charge >= 0.3 is 0 Å². The number of nitrogens with zero attached hydrogens (tertiary/aromatic N) is 16. The Kier molecular flexibility index (Phi) is 24.1. The molecule has 0 unspecified atom stereocenters. The number of rotatable bonds is 21. The molecular formula is C104H79N27O6S4. The number of fused-ring (bicyclic) bond motifs is 8. The number of carbonyl (C=O) groups is 6. The van der Waals surface area contributed by atoms with Crippen LogP contribution in [0.15, 0.2) is 251 Å². The summed E-state index contributed by atoms with van der Waals surface area (Å²) in [5.41, 5.74) is 31.6. The van der Waals surface area contributed by atoms with Gasteiger partial charge in [-0.2, -0.15) is 20.4 Å². The van der Waals surface area contributed by atoms with Gasteiger partial charge in [0, 0.05) is 160 Å². The largest absolute Gasteiger partial charge is 0.397 e. The summed E-state index contributed by atoms with van der Waals surface area (Å²) in [6, 6.07) is 48.9. The van der Waals surface area contributed by atoms with Crippen molar-refractivity contribution in [2.24, 2.45) is 5.92 Å². The van der Waals surface area contributed by atoms with Crippen molar-refractivity contribution in [1.82, 2.24) is 121 Å². The van der Waals surface area contributed by atoms with Gasteiger partial charge in [-0.05, 0) is 177 Å². The maximum absolute atomic E-state index is 12.3. The normalized spacial score (nSPS) is 11.4. The molecule has 0 radical (unpaired) electrons. The van der Waals surface area contributed by atoms with Crippen LogP contribution in [-0.2, 0) is 9.59 Å².